The second-order valence-corrected chi connectivity index (χ2v) is 3.78. The molecule has 2 nitrogen and oxygen atoms in total. The third-order valence-electron chi connectivity index (χ3n) is 2.71. The van der Waals surface area contributed by atoms with Crippen LogP contribution in [0.4, 0.5) is 0 Å². The summed E-state index contributed by atoms with van der Waals surface area (Å²) in [5.74, 6) is 1.08. The normalized spacial score (nSPS) is 35.2. The third-order valence-corrected chi connectivity index (χ3v) is 2.71. The second kappa shape index (κ2) is 4.07. The topological polar surface area (TPSA) is 40.5 Å². The zero-order chi connectivity index (χ0) is 8.27. The Balaban J connectivity index is 2.33. The summed E-state index contributed by atoms with van der Waals surface area (Å²) in [5, 5.41) is 18.1. The van der Waals surface area contributed by atoms with Crippen molar-refractivity contribution < 1.29 is 10.2 Å². The van der Waals surface area contributed by atoms with Gasteiger partial charge in [0, 0.05) is 0 Å². The van der Waals surface area contributed by atoms with E-state index in [1.165, 1.54) is 12.8 Å². The van der Waals surface area contributed by atoms with E-state index in [0.717, 1.165) is 18.8 Å². The molecular formula is C9H18O2. The fourth-order valence-electron chi connectivity index (χ4n) is 1.98. The maximum absolute atomic E-state index is 9.35. The van der Waals surface area contributed by atoms with Crippen LogP contribution in [-0.4, -0.2) is 22.9 Å². The van der Waals surface area contributed by atoms with Gasteiger partial charge >= 0.3 is 0 Å². The molecule has 0 spiro atoms. The molecule has 0 heterocycles. The number of rotatable bonds is 2. The minimum Gasteiger partial charge on any atom is -0.394 e. The average molecular weight is 158 g/mol. The molecule has 1 aliphatic carbocycles. The molecule has 2 heteroatoms. The van der Waals surface area contributed by atoms with Crippen LogP contribution in [0, 0.1) is 11.8 Å². The van der Waals surface area contributed by atoms with E-state index in [4.69, 9.17) is 5.11 Å². The van der Waals surface area contributed by atoms with E-state index in [0.29, 0.717) is 5.92 Å². The van der Waals surface area contributed by atoms with Crippen LogP contribution < -0.4 is 0 Å². The van der Waals surface area contributed by atoms with Crippen LogP contribution in [0.5, 0.6) is 0 Å². The Morgan fingerprint density at radius 2 is 2.18 bits per heavy atom. The van der Waals surface area contributed by atoms with E-state index in [9.17, 15) is 5.11 Å². The van der Waals surface area contributed by atoms with E-state index < -0.39 is 6.10 Å². The first kappa shape index (κ1) is 9.01. The lowest BCUT2D eigenvalue weighted by Gasteiger charge is -2.29. The molecule has 3 atom stereocenters. The van der Waals surface area contributed by atoms with Crippen molar-refractivity contribution in [3.63, 3.8) is 0 Å². The zero-order valence-corrected chi connectivity index (χ0v) is 7.16. The Morgan fingerprint density at radius 3 is 2.73 bits per heavy atom. The Kier molecular flexibility index (Phi) is 3.34. The van der Waals surface area contributed by atoms with Crippen LogP contribution in [-0.2, 0) is 0 Å². The molecule has 1 rings (SSSR count). The predicted molar refractivity (Wildman–Crippen MR) is 44.2 cm³/mol. The molecular weight excluding hydrogens is 140 g/mol. The standard InChI is InChI=1S/C9H18O2/c1-7-3-2-4-8(5-7)9(11)6-10/h7-11H,2-6H2,1H3/t7-,8+,9-/m0/s1. The highest BCUT2D eigenvalue weighted by molar-refractivity contribution is 4.75. The SMILES string of the molecule is C[C@H]1CCC[C@@H]([C@@H](O)CO)C1. The minimum atomic E-state index is -0.474. The summed E-state index contributed by atoms with van der Waals surface area (Å²) in [7, 11) is 0. The maximum Gasteiger partial charge on any atom is 0.0799 e. The highest BCUT2D eigenvalue weighted by atomic mass is 16.3. The first-order chi connectivity index (χ1) is 5.24. The van der Waals surface area contributed by atoms with E-state index in [1.807, 2.05) is 0 Å². The number of aliphatic hydroxyl groups excluding tert-OH is 2. The molecule has 1 saturated carbocycles. The molecule has 2 N–H and O–H groups in total. The molecule has 0 unspecified atom stereocenters. The quantitative estimate of drug-likeness (QED) is 0.633. The Labute approximate surface area is 68.2 Å². The van der Waals surface area contributed by atoms with Gasteiger partial charge in [-0.05, 0) is 24.7 Å². The van der Waals surface area contributed by atoms with E-state index in [2.05, 4.69) is 6.92 Å². The summed E-state index contributed by atoms with van der Waals surface area (Å²) >= 11 is 0. The molecule has 0 aromatic heterocycles. The summed E-state index contributed by atoms with van der Waals surface area (Å²) in [5.41, 5.74) is 0. The number of hydrogen-bond donors (Lipinski definition) is 2. The molecule has 0 bridgehead atoms. The molecule has 0 amide bonds. The minimum absolute atomic E-state index is 0.0720. The summed E-state index contributed by atoms with van der Waals surface area (Å²) in [6, 6.07) is 0. The first-order valence-corrected chi connectivity index (χ1v) is 4.53. The summed E-state index contributed by atoms with van der Waals surface area (Å²) < 4.78 is 0. The van der Waals surface area contributed by atoms with Crippen LogP contribution in [0.1, 0.15) is 32.6 Å². The van der Waals surface area contributed by atoms with Crippen molar-refractivity contribution in [2.45, 2.75) is 38.7 Å². The van der Waals surface area contributed by atoms with E-state index in [1.54, 1.807) is 0 Å². The fourth-order valence-corrected chi connectivity index (χ4v) is 1.98. The van der Waals surface area contributed by atoms with Gasteiger partial charge in [0.2, 0.25) is 0 Å². The summed E-state index contributed by atoms with van der Waals surface area (Å²) in [4.78, 5) is 0. The highest BCUT2D eigenvalue weighted by Gasteiger charge is 2.24. The van der Waals surface area contributed by atoms with Crippen LogP contribution in [0.2, 0.25) is 0 Å². The number of hydrogen-bond acceptors (Lipinski definition) is 2. The molecule has 0 aliphatic heterocycles. The molecule has 1 aliphatic rings. The van der Waals surface area contributed by atoms with Gasteiger partial charge < -0.3 is 10.2 Å². The molecule has 11 heavy (non-hydrogen) atoms. The van der Waals surface area contributed by atoms with Gasteiger partial charge in [0.15, 0.2) is 0 Å². The summed E-state index contributed by atoms with van der Waals surface area (Å²) in [6.45, 7) is 2.15. The lowest BCUT2D eigenvalue weighted by Crippen LogP contribution is -2.28. The van der Waals surface area contributed by atoms with Gasteiger partial charge in [0.25, 0.3) is 0 Å². The monoisotopic (exact) mass is 158 g/mol. The van der Waals surface area contributed by atoms with Gasteiger partial charge in [-0.3, -0.25) is 0 Å². The predicted octanol–water partition coefficient (Wildman–Crippen LogP) is 1.17. The van der Waals surface area contributed by atoms with Crippen molar-refractivity contribution in [1.82, 2.24) is 0 Å². The van der Waals surface area contributed by atoms with Gasteiger partial charge in [0.1, 0.15) is 0 Å². The second-order valence-electron chi connectivity index (χ2n) is 3.78. The lowest BCUT2D eigenvalue weighted by atomic mass is 9.80. The third kappa shape index (κ3) is 2.46. The van der Waals surface area contributed by atoms with Gasteiger partial charge in [0.05, 0.1) is 12.7 Å². The lowest BCUT2D eigenvalue weighted by molar-refractivity contribution is 0.0243. The summed E-state index contributed by atoms with van der Waals surface area (Å²) in [6.07, 6.45) is 4.20. The van der Waals surface area contributed by atoms with E-state index >= 15 is 0 Å². The molecule has 0 radical (unpaired) electrons. The first-order valence-electron chi connectivity index (χ1n) is 4.53. The van der Waals surface area contributed by atoms with E-state index in [-0.39, 0.29) is 6.61 Å². The largest absolute Gasteiger partial charge is 0.394 e. The maximum atomic E-state index is 9.35. The smallest absolute Gasteiger partial charge is 0.0799 e. The zero-order valence-electron chi connectivity index (χ0n) is 7.16. The Hall–Kier alpha value is -0.0800. The van der Waals surface area contributed by atoms with Crippen molar-refractivity contribution in [3.8, 4) is 0 Å². The number of aliphatic hydroxyl groups is 2. The Bertz CT molecular complexity index is 114. The molecule has 66 valence electrons. The van der Waals surface area contributed by atoms with Crippen molar-refractivity contribution in [2.75, 3.05) is 6.61 Å². The highest BCUT2D eigenvalue weighted by Crippen LogP contribution is 2.30. The van der Waals surface area contributed by atoms with Crippen LogP contribution in [0.25, 0.3) is 0 Å². The van der Waals surface area contributed by atoms with Crippen LogP contribution >= 0.6 is 0 Å². The van der Waals surface area contributed by atoms with Crippen molar-refractivity contribution in [1.29, 1.82) is 0 Å². The molecule has 0 saturated heterocycles. The van der Waals surface area contributed by atoms with Crippen LogP contribution in [0.15, 0.2) is 0 Å². The molecule has 1 fully saturated rings. The van der Waals surface area contributed by atoms with Gasteiger partial charge in [-0.2, -0.15) is 0 Å². The van der Waals surface area contributed by atoms with Crippen molar-refractivity contribution in [3.05, 3.63) is 0 Å². The molecule has 0 aromatic rings. The van der Waals surface area contributed by atoms with Gasteiger partial charge in [-0.25, -0.2) is 0 Å². The van der Waals surface area contributed by atoms with Crippen LogP contribution in [0.3, 0.4) is 0 Å². The van der Waals surface area contributed by atoms with Gasteiger partial charge in [-0.15, -0.1) is 0 Å². The van der Waals surface area contributed by atoms with Crippen molar-refractivity contribution in [2.24, 2.45) is 11.8 Å². The Morgan fingerprint density at radius 1 is 1.45 bits per heavy atom. The van der Waals surface area contributed by atoms with Gasteiger partial charge in [-0.1, -0.05) is 19.8 Å². The molecule has 0 aromatic carbocycles. The van der Waals surface area contributed by atoms with Crippen molar-refractivity contribution >= 4 is 0 Å². The fraction of sp³-hybridized carbons (Fsp3) is 1.00. The average Bonchev–Trinajstić information content (AvgIpc) is 2.03.